The van der Waals surface area contributed by atoms with Crippen molar-refractivity contribution in [3.8, 4) is 0 Å². The van der Waals surface area contributed by atoms with Crippen molar-refractivity contribution in [2.24, 2.45) is 5.92 Å². The molecule has 0 amide bonds. The Balaban J connectivity index is 1.99. The zero-order valence-corrected chi connectivity index (χ0v) is 13.2. The summed E-state index contributed by atoms with van der Waals surface area (Å²) in [7, 11) is 1.71. The number of methoxy groups -OCH3 is 1. The highest BCUT2D eigenvalue weighted by Gasteiger charge is 2.23. The molecule has 19 heavy (non-hydrogen) atoms. The third-order valence-electron chi connectivity index (χ3n) is 3.49. The van der Waals surface area contributed by atoms with Gasteiger partial charge >= 0.3 is 0 Å². The van der Waals surface area contributed by atoms with Crippen molar-refractivity contribution < 1.29 is 9.47 Å². The molecule has 4 heteroatoms. The van der Waals surface area contributed by atoms with Crippen LogP contribution in [0.2, 0.25) is 0 Å². The first kappa shape index (κ1) is 16.9. The van der Waals surface area contributed by atoms with E-state index in [4.69, 9.17) is 9.47 Å². The lowest BCUT2D eigenvalue weighted by Crippen LogP contribution is -2.39. The number of hydrogen-bond acceptors (Lipinski definition) is 4. The van der Waals surface area contributed by atoms with E-state index >= 15 is 0 Å². The summed E-state index contributed by atoms with van der Waals surface area (Å²) in [5.41, 5.74) is 0.239. The third kappa shape index (κ3) is 8.58. The van der Waals surface area contributed by atoms with Gasteiger partial charge in [0.25, 0.3) is 0 Å². The average Bonchev–Trinajstić information content (AvgIpc) is 2.78. The molecule has 0 aromatic carbocycles. The smallest absolute Gasteiger partial charge is 0.0700 e. The van der Waals surface area contributed by atoms with Crippen LogP contribution in [0.1, 0.15) is 33.6 Å². The predicted octanol–water partition coefficient (Wildman–Crippen LogP) is 1.75. The van der Waals surface area contributed by atoms with Gasteiger partial charge in [0.1, 0.15) is 0 Å². The van der Waals surface area contributed by atoms with Crippen LogP contribution in [0.5, 0.6) is 0 Å². The Labute approximate surface area is 118 Å². The number of likely N-dealkylation sites (tertiary alicyclic amines) is 1. The van der Waals surface area contributed by atoms with Crippen LogP contribution in [0.3, 0.4) is 0 Å². The number of hydrogen-bond donors (Lipinski definition) is 1. The number of nitrogens with zero attached hydrogens (tertiary/aromatic N) is 1. The molecule has 0 bridgehead atoms. The van der Waals surface area contributed by atoms with Crippen LogP contribution < -0.4 is 5.32 Å². The highest BCUT2D eigenvalue weighted by molar-refractivity contribution is 4.80. The molecular weight excluding hydrogens is 240 g/mol. The minimum Gasteiger partial charge on any atom is -0.382 e. The molecule has 0 aliphatic carbocycles. The van der Waals surface area contributed by atoms with Gasteiger partial charge in [-0.3, -0.25) is 0 Å². The first-order chi connectivity index (χ1) is 9.01. The Morgan fingerprint density at radius 3 is 2.68 bits per heavy atom. The van der Waals surface area contributed by atoms with Crippen LogP contribution in [0, 0.1) is 5.92 Å². The topological polar surface area (TPSA) is 33.7 Å². The Morgan fingerprint density at radius 1 is 1.21 bits per heavy atom. The van der Waals surface area contributed by atoms with Crippen molar-refractivity contribution in [2.75, 3.05) is 53.1 Å². The quantitative estimate of drug-likeness (QED) is 0.648. The van der Waals surface area contributed by atoms with Crippen molar-refractivity contribution >= 4 is 0 Å². The highest BCUT2D eigenvalue weighted by Crippen LogP contribution is 2.16. The molecule has 1 aliphatic rings. The van der Waals surface area contributed by atoms with E-state index in [9.17, 15) is 0 Å². The van der Waals surface area contributed by atoms with Crippen LogP contribution in [-0.4, -0.2) is 63.5 Å². The van der Waals surface area contributed by atoms with Gasteiger partial charge in [-0.2, -0.15) is 0 Å². The maximum absolute atomic E-state index is 5.49. The van der Waals surface area contributed by atoms with Gasteiger partial charge in [0.2, 0.25) is 0 Å². The molecule has 0 aromatic rings. The molecule has 4 nitrogen and oxygen atoms in total. The number of ether oxygens (including phenoxy) is 2. The van der Waals surface area contributed by atoms with E-state index in [0.717, 1.165) is 25.5 Å². The first-order valence-corrected chi connectivity index (χ1v) is 7.55. The molecule has 0 radical (unpaired) electrons. The molecule has 1 aliphatic heterocycles. The summed E-state index contributed by atoms with van der Waals surface area (Å²) >= 11 is 0. The van der Waals surface area contributed by atoms with E-state index in [1.54, 1.807) is 7.11 Å². The fraction of sp³-hybridized carbons (Fsp3) is 1.00. The van der Waals surface area contributed by atoms with Crippen LogP contribution >= 0.6 is 0 Å². The molecule has 0 saturated carbocycles. The van der Waals surface area contributed by atoms with Gasteiger partial charge in [-0.05, 0) is 52.6 Å². The minimum absolute atomic E-state index is 0.239. The molecule has 0 aromatic heterocycles. The molecule has 1 unspecified atom stereocenters. The van der Waals surface area contributed by atoms with E-state index in [2.05, 4.69) is 31.0 Å². The van der Waals surface area contributed by atoms with Crippen LogP contribution in [0.4, 0.5) is 0 Å². The molecule has 1 rings (SSSR count). The fourth-order valence-electron chi connectivity index (χ4n) is 2.37. The van der Waals surface area contributed by atoms with E-state index in [-0.39, 0.29) is 5.54 Å². The number of nitrogens with one attached hydrogen (secondary N) is 1. The minimum atomic E-state index is 0.239. The average molecular weight is 272 g/mol. The fourth-order valence-corrected chi connectivity index (χ4v) is 2.37. The largest absolute Gasteiger partial charge is 0.382 e. The Morgan fingerprint density at radius 2 is 2.00 bits per heavy atom. The Kier molecular flexibility index (Phi) is 7.91. The van der Waals surface area contributed by atoms with Gasteiger partial charge in [-0.25, -0.2) is 0 Å². The monoisotopic (exact) mass is 272 g/mol. The van der Waals surface area contributed by atoms with Gasteiger partial charge in [0, 0.05) is 32.3 Å². The summed E-state index contributed by atoms with van der Waals surface area (Å²) in [6, 6.07) is 0. The van der Waals surface area contributed by atoms with Crippen LogP contribution in [0.25, 0.3) is 0 Å². The summed E-state index contributed by atoms with van der Waals surface area (Å²) in [6.45, 7) is 13.8. The number of rotatable bonds is 9. The molecule has 114 valence electrons. The molecule has 1 heterocycles. The second kappa shape index (κ2) is 8.90. The predicted molar refractivity (Wildman–Crippen MR) is 79.6 cm³/mol. The van der Waals surface area contributed by atoms with Gasteiger partial charge in [-0.15, -0.1) is 0 Å². The second-order valence-corrected chi connectivity index (χ2v) is 6.54. The lowest BCUT2D eigenvalue weighted by Gasteiger charge is -2.23. The maximum atomic E-state index is 5.49. The molecule has 1 atom stereocenters. The molecule has 0 spiro atoms. The first-order valence-electron chi connectivity index (χ1n) is 7.55. The lowest BCUT2D eigenvalue weighted by atomic mass is 10.1. The summed E-state index contributed by atoms with van der Waals surface area (Å²) < 4.78 is 10.4. The van der Waals surface area contributed by atoms with Gasteiger partial charge < -0.3 is 19.7 Å². The standard InChI is InChI=1S/C15H32N2O2/c1-15(2,3)16-12-14-6-8-17(13-14)7-5-9-19-11-10-18-4/h14,16H,5-13H2,1-4H3. The Hall–Kier alpha value is -0.160. The summed E-state index contributed by atoms with van der Waals surface area (Å²) in [4.78, 5) is 2.56. The maximum Gasteiger partial charge on any atom is 0.0700 e. The lowest BCUT2D eigenvalue weighted by molar-refractivity contribution is 0.0661. The van der Waals surface area contributed by atoms with Crippen molar-refractivity contribution in [3.05, 3.63) is 0 Å². The van der Waals surface area contributed by atoms with E-state index < -0.39 is 0 Å². The SMILES string of the molecule is COCCOCCCN1CCC(CNC(C)(C)C)C1. The van der Waals surface area contributed by atoms with Gasteiger partial charge in [0.05, 0.1) is 13.2 Å². The van der Waals surface area contributed by atoms with E-state index in [1.807, 2.05) is 0 Å². The summed E-state index contributed by atoms with van der Waals surface area (Å²) in [5.74, 6) is 0.814. The third-order valence-corrected chi connectivity index (χ3v) is 3.49. The molecular formula is C15H32N2O2. The van der Waals surface area contributed by atoms with E-state index in [0.29, 0.717) is 13.2 Å². The summed E-state index contributed by atoms with van der Waals surface area (Å²) in [6.07, 6.45) is 2.46. The molecule has 1 N–H and O–H groups in total. The second-order valence-electron chi connectivity index (χ2n) is 6.54. The zero-order valence-electron chi connectivity index (χ0n) is 13.2. The van der Waals surface area contributed by atoms with Crippen molar-refractivity contribution in [2.45, 2.75) is 39.2 Å². The van der Waals surface area contributed by atoms with Crippen molar-refractivity contribution in [1.82, 2.24) is 10.2 Å². The molecule has 1 fully saturated rings. The molecule has 1 saturated heterocycles. The normalized spacial score (nSPS) is 21.2. The van der Waals surface area contributed by atoms with Gasteiger partial charge in [-0.1, -0.05) is 0 Å². The van der Waals surface area contributed by atoms with E-state index in [1.165, 1.54) is 26.1 Å². The zero-order chi connectivity index (χ0) is 14.1. The van der Waals surface area contributed by atoms with Crippen LogP contribution in [0.15, 0.2) is 0 Å². The Bertz CT molecular complexity index is 229. The van der Waals surface area contributed by atoms with Crippen molar-refractivity contribution in [1.29, 1.82) is 0 Å². The van der Waals surface area contributed by atoms with Crippen LogP contribution in [-0.2, 0) is 9.47 Å². The van der Waals surface area contributed by atoms with Crippen molar-refractivity contribution in [3.63, 3.8) is 0 Å². The summed E-state index contributed by atoms with van der Waals surface area (Å²) in [5, 5.41) is 3.61. The highest BCUT2D eigenvalue weighted by atomic mass is 16.5. The van der Waals surface area contributed by atoms with Gasteiger partial charge in [0.15, 0.2) is 0 Å².